The Kier molecular flexibility index (Phi) is 6.61. The Morgan fingerprint density at radius 3 is 1.08 bits per heavy atom. The van der Waals surface area contributed by atoms with Gasteiger partial charge in [-0.1, -0.05) is 36.4 Å². The number of nitrogens with zero attached hydrogens (tertiary/aromatic N) is 2. The molecule has 5 heteroatoms. The Labute approximate surface area is 88.3 Å². The van der Waals surface area contributed by atoms with Crippen LogP contribution in [-0.4, -0.2) is 0 Å². The minimum Gasteiger partial charge on any atom is -0.0623 e. The largest absolute Gasteiger partial charge is 0.0623 e. The van der Waals surface area contributed by atoms with Crippen molar-refractivity contribution < 1.29 is 13.5 Å². The first-order chi connectivity index (χ1) is 6.12. The molecule has 0 saturated carbocycles. The van der Waals surface area contributed by atoms with Gasteiger partial charge in [0.25, 0.3) is 0 Å². The summed E-state index contributed by atoms with van der Waals surface area (Å²) in [4.78, 5) is 0. The molecule has 0 aliphatic carbocycles. The molecule has 0 aliphatic heterocycles. The zero-order chi connectivity index (χ0) is 10.2. The van der Waals surface area contributed by atoms with E-state index in [-0.39, 0.29) is 0 Å². The van der Waals surface area contributed by atoms with Crippen LogP contribution in [-0.2, 0) is 13.5 Å². The topological polar surface area (TPSA) is 47.6 Å². The predicted molar refractivity (Wildman–Crippen MR) is 49.4 cm³/mol. The third-order valence-electron chi connectivity index (χ3n) is 0.844. The van der Waals surface area contributed by atoms with Crippen molar-refractivity contribution in [2.24, 2.45) is 0 Å². The normalized spacial score (nSPS) is 9.85. The van der Waals surface area contributed by atoms with Gasteiger partial charge in [-0.2, -0.15) is 0 Å². The van der Waals surface area contributed by atoms with Gasteiger partial charge in [0.2, 0.25) is 0 Å². The molecule has 0 bridgehead atoms. The van der Waals surface area contributed by atoms with Crippen molar-refractivity contribution in [1.82, 2.24) is 0 Å². The summed E-state index contributed by atoms with van der Waals surface area (Å²) < 4.78 is 3.02. The van der Waals surface area contributed by atoms with Gasteiger partial charge in [0.15, 0.2) is 0 Å². The first-order valence-corrected chi connectivity index (χ1v) is 8.56. The molecule has 72 valence electrons. The smallest absolute Gasteiger partial charge is 0.0623 e. The molecule has 2 nitrogen and oxygen atoms in total. The van der Waals surface area contributed by atoms with Gasteiger partial charge in [0.1, 0.15) is 0 Å². The van der Waals surface area contributed by atoms with Crippen LogP contribution < -0.4 is 0 Å². The van der Waals surface area contributed by atoms with Gasteiger partial charge >= 0.3 is 52.2 Å². The maximum atomic E-state index is 7.92. The van der Waals surface area contributed by atoms with Gasteiger partial charge in [-0.3, -0.25) is 0 Å². The molecule has 0 unspecified atom stereocenters. The second-order valence-corrected chi connectivity index (χ2v) is 9.11. The van der Waals surface area contributed by atoms with Crippen LogP contribution in [0.2, 0.25) is 0 Å². The fraction of sp³-hybridized carbons (Fsp3) is 0. The van der Waals surface area contributed by atoms with Crippen LogP contribution in [0.4, 0.5) is 0 Å². The summed E-state index contributed by atoms with van der Waals surface area (Å²) in [7, 11) is 10.2. The van der Waals surface area contributed by atoms with Crippen molar-refractivity contribution in [2.45, 2.75) is 0 Å². The zero-order valence-electron chi connectivity index (χ0n) is 6.43. The number of nitriles is 2. The molecular weight excluding hydrogens is 301 g/mol. The molecule has 0 radical (unpaired) electrons. The van der Waals surface area contributed by atoms with Gasteiger partial charge in [-0.25, -0.2) is 0 Å². The van der Waals surface area contributed by atoms with Crippen molar-refractivity contribution in [1.29, 1.82) is 10.5 Å². The van der Waals surface area contributed by atoms with Crippen LogP contribution in [0, 0.1) is 19.6 Å². The van der Waals surface area contributed by atoms with Gasteiger partial charge < -0.3 is 0 Å². The maximum Gasteiger partial charge on any atom is -0.0623 e. The van der Waals surface area contributed by atoms with Crippen LogP contribution in [0.3, 0.4) is 0 Å². The fourth-order valence-corrected chi connectivity index (χ4v) is 0.478. The summed E-state index contributed by atoms with van der Waals surface area (Å²) in [6, 6.07) is 12.0. The summed E-state index contributed by atoms with van der Waals surface area (Å²) >= 11 is -3.19. The molecule has 13 heavy (non-hydrogen) atoms. The van der Waals surface area contributed by atoms with Gasteiger partial charge in [0, 0.05) is 0 Å². The second-order valence-electron chi connectivity index (χ2n) is 1.66. The average Bonchev–Trinajstić information content (AvgIpc) is 2.21. The summed E-state index contributed by atoms with van der Waals surface area (Å²) in [5.74, 6) is 0. The molecule has 0 aliphatic rings. The number of rotatable bonds is 0. The summed E-state index contributed by atoms with van der Waals surface area (Å²) in [5, 5.41) is 15.8. The van der Waals surface area contributed by atoms with E-state index in [4.69, 9.17) is 29.6 Å². The Hall–Kier alpha value is -0.558. The van der Waals surface area contributed by atoms with Crippen molar-refractivity contribution >= 4 is 19.1 Å². The van der Waals surface area contributed by atoms with E-state index in [9.17, 15) is 0 Å². The van der Waals surface area contributed by atoms with Crippen LogP contribution in [0.25, 0.3) is 0 Å². The van der Waals surface area contributed by atoms with E-state index in [1.165, 1.54) is 9.08 Å². The van der Waals surface area contributed by atoms with Crippen LogP contribution in [0.15, 0.2) is 36.4 Å². The van der Waals surface area contributed by atoms with E-state index in [1.54, 1.807) is 0 Å². The molecule has 0 aromatic heterocycles. The Morgan fingerprint density at radius 1 is 0.769 bits per heavy atom. The van der Waals surface area contributed by atoms with Crippen molar-refractivity contribution in [3.63, 3.8) is 0 Å². The number of benzene rings is 1. The molecule has 0 saturated heterocycles. The van der Waals surface area contributed by atoms with E-state index in [0.717, 1.165) is 0 Å². The maximum absolute atomic E-state index is 7.92. The third-order valence-corrected chi connectivity index (χ3v) is 2.98. The molecule has 0 spiro atoms. The van der Waals surface area contributed by atoms with E-state index >= 15 is 0 Å². The Bertz CT molecular complexity index is 270. The van der Waals surface area contributed by atoms with Crippen LogP contribution in [0.1, 0.15) is 0 Å². The molecule has 0 fully saturated rings. The summed E-state index contributed by atoms with van der Waals surface area (Å²) in [6.45, 7) is 0. The van der Waals surface area contributed by atoms with Crippen molar-refractivity contribution in [3.8, 4) is 9.08 Å². The summed E-state index contributed by atoms with van der Waals surface area (Å²) in [6.07, 6.45) is 0. The van der Waals surface area contributed by atoms with Crippen molar-refractivity contribution in [2.75, 3.05) is 0 Å². The van der Waals surface area contributed by atoms with Crippen molar-refractivity contribution in [3.05, 3.63) is 36.4 Å². The number of hydrogen-bond acceptors (Lipinski definition) is 2. The minimum absolute atomic E-state index is 1.51. The standard InChI is InChI=1S/C6H6.2CN.2ClH.Pd/c1-2-4-6-5-3-1;2*1-2;;;/h1-6H;;;2*1H;/q;;;;;+2/p-2. The zero-order valence-corrected chi connectivity index (χ0v) is 9.50. The molecule has 0 atom stereocenters. The molecule has 0 N–H and O–H groups in total. The average molecular weight is 307 g/mol. The molecule has 0 amide bonds. The van der Waals surface area contributed by atoms with Gasteiger partial charge in [0.05, 0.1) is 0 Å². The van der Waals surface area contributed by atoms with Gasteiger partial charge in [-0.15, -0.1) is 0 Å². The number of hydrogen-bond donors (Lipinski definition) is 0. The fourth-order valence-electron chi connectivity index (χ4n) is 0.401. The molecule has 1 aromatic rings. The van der Waals surface area contributed by atoms with Crippen LogP contribution >= 0.6 is 19.1 Å². The van der Waals surface area contributed by atoms with Gasteiger partial charge in [-0.05, 0) is 0 Å². The molecule has 1 aromatic carbocycles. The second kappa shape index (κ2) is 6.90. The van der Waals surface area contributed by atoms with E-state index < -0.39 is 13.5 Å². The van der Waals surface area contributed by atoms with E-state index in [1.807, 2.05) is 36.4 Å². The predicted octanol–water partition coefficient (Wildman–Crippen LogP) is 3.10. The first kappa shape index (κ1) is 12.4. The summed E-state index contributed by atoms with van der Waals surface area (Å²) in [5.41, 5.74) is 0. The monoisotopic (exact) mass is 306 g/mol. The minimum atomic E-state index is -3.19. The molecular formula is C8H6Cl2N2Pd. The number of halogens is 2. The molecule has 0 heterocycles. The van der Waals surface area contributed by atoms with Crippen LogP contribution in [0.5, 0.6) is 0 Å². The first-order valence-electron chi connectivity index (χ1n) is 3.00. The van der Waals surface area contributed by atoms with E-state index in [2.05, 4.69) is 0 Å². The quantitative estimate of drug-likeness (QED) is 0.691. The Morgan fingerprint density at radius 2 is 1.00 bits per heavy atom. The van der Waals surface area contributed by atoms with E-state index in [0.29, 0.717) is 0 Å². The third kappa shape index (κ3) is 7.79. The molecule has 1 rings (SSSR count). The Balaban J connectivity index is 0.000000223. The SMILES string of the molecule is N#[C][Pd]([Cl])([Cl])[C]#N.c1ccccc1.